The van der Waals surface area contributed by atoms with Gasteiger partial charge in [-0.3, -0.25) is 4.79 Å². The molecule has 1 aromatic carbocycles. The van der Waals surface area contributed by atoms with Gasteiger partial charge in [0, 0.05) is 12.1 Å². The number of fused-ring (bicyclic) bond motifs is 1. The molecule has 1 atom stereocenters. The van der Waals surface area contributed by atoms with Gasteiger partial charge in [-0.05, 0) is 68.0 Å². The van der Waals surface area contributed by atoms with Crippen LogP contribution in [0.4, 0.5) is 5.82 Å². The molecule has 1 unspecified atom stereocenters. The van der Waals surface area contributed by atoms with E-state index in [2.05, 4.69) is 25.8 Å². The van der Waals surface area contributed by atoms with Crippen molar-refractivity contribution >= 4 is 21.7 Å². The zero-order valence-electron chi connectivity index (χ0n) is 20.1. The summed E-state index contributed by atoms with van der Waals surface area (Å²) < 4.78 is 34.5. The number of carbonyl (C=O) groups is 1. The Labute approximate surface area is 203 Å². The maximum absolute atomic E-state index is 13.2. The first-order valence-electron chi connectivity index (χ1n) is 10.9. The quantitative estimate of drug-likeness (QED) is 0.515. The Morgan fingerprint density at radius 3 is 2.69 bits per heavy atom. The van der Waals surface area contributed by atoms with Crippen LogP contribution < -0.4 is 10.1 Å². The standard InChI is InChI=1S/C22H27N7O5S/c1-13(12-30)29-20(25-26-27-29)16-7-6-8-19(23-16)24-21(31)15-10-18-14(9-17(15)34-5)11-28(22(2,3)4)35(18,32)33/h6-10,13,30H,11-12H2,1-5H3,(H,23,24,31). The Hall–Kier alpha value is -3.42. The smallest absolute Gasteiger partial charge is 0.260 e. The Morgan fingerprint density at radius 1 is 1.29 bits per heavy atom. The second-order valence-corrected chi connectivity index (χ2v) is 11.0. The molecule has 0 fully saturated rings. The van der Waals surface area contributed by atoms with Gasteiger partial charge in [-0.1, -0.05) is 6.07 Å². The second kappa shape index (κ2) is 8.98. The van der Waals surface area contributed by atoms with Crippen molar-refractivity contribution in [2.75, 3.05) is 19.0 Å². The van der Waals surface area contributed by atoms with Crippen molar-refractivity contribution in [3.8, 4) is 17.3 Å². The molecule has 0 saturated carbocycles. The minimum atomic E-state index is -3.77. The van der Waals surface area contributed by atoms with Gasteiger partial charge in [0.15, 0.2) is 0 Å². The third kappa shape index (κ3) is 4.49. The monoisotopic (exact) mass is 501 g/mol. The highest BCUT2D eigenvalue weighted by Crippen LogP contribution is 2.39. The number of aromatic nitrogens is 5. The number of hydrogen-bond donors (Lipinski definition) is 2. The lowest BCUT2D eigenvalue weighted by Gasteiger charge is -2.29. The first-order chi connectivity index (χ1) is 16.5. The number of sulfonamides is 1. The van der Waals surface area contributed by atoms with Gasteiger partial charge < -0.3 is 15.2 Å². The fourth-order valence-electron chi connectivity index (χ4n) is 3.82. The summed E-state index contributed by atoms with van der Waals surface area (Å²) in [5.74, 6) is 0.206. The lowest BCUT2D eigenvalue weighted by Crippen LogP contribution is -2.41. The number of carbonyl (C=O) groups excluding carboxylic acids is 1. The molecular formula is C22H27N7O5S. The first-order valence-corrected chi connectivity index (χ1v) is 12.3. The van der Waals surface area contributed by atoms with Crippen LogP contribution in [0, 0.1) is 0 Å². The number of rotatable bonds is 6. The zero-order valence-corrected chi connectivity index (χ0v) is 20.9. The summed E-state index contributed by atoms with van der Waals surface area (Å²) in [5, 5.41) is 23.6. The number of anilines is 1. The summed E-state index contributed by atoms with van der Waals surface area (Å²) in [7, 11) is -2.35. The van der Waals surface area contributed by atoms with E-state index in [4.69, 9.17) is 4.74 Å². The lowest BCUT2D eigenvalue weighted by atomic mass is 10.1. The van der Waals surface area contributed by atoms with Crippen LogP contribution >= 0.6 is 0 Å². The van der Waals surface area contributed by atoms with Crippen molar-refractivity contribution in [2.45, 2.75) is 50.7 Å². The number of aliphatic hydroxyl groups excluding tert-OH is 1. The molecule has 12 nitrogen and oxygen atoms in total. The average Bonchev–Trinajstić information content (AvgIpc) is 3.40. The topological polar surface area (TPSA) is 152 Å². The van der Waals surface area contributed by atoms with Crippen LogP contribution in [-0.2, 0) is 16.6 Å². The van der Waals surface area contributed by atoms with Crippen molar-refractivity contribution < 1.29 is 23.1 Å². The molecule has 13 heteroatoms. The van der Waals surface area contributed by atoms with Crippen LogP contribution in [0.3, 0.4) is 0 Å². The van der Waals surface area contributed by atoms with E-state index in [0.29, 0.717) is 17.1 Å². The van der Waals surface area contributed by atoms with E-state index >= 15 is 0 Å². The Morgan fingerprint density at radius 2 is 2.03 bits per heavy atom. The highest BCUT2D eigenvalue weighted by atomic mass is 32.2. The Kier molecular flexibility index (Phi) is 6.34. The summed E-state index contributed by atoms with van der Waals surface area (Å²) in [6.07, 6.45) is 0. The van der Waals surface area contributed by atoms with Crippen LogP contribution in [0.25, 0.3) is 11.5 Å². The van der Waals surface area contributed by atoms with Gasteiger partial charge >= 0.3 is 0 Å². The maximum Gasteiger partial charge on any atom is 0.260 e. The van der Waals surface area contributed by atoms with Gasteiger partial charge in [0.05, 0.1) is 30.2 Å². The van der Waals surface area contributed by atoms with E-state index in [-0.39, 0.29) is 41.2 Å². The van der Waals surface area contributed by atoms with Gasteiger partial charge in [-0.25, -0.2) is 18.1 Å². The van der Waals surface area contributed by atoms with Gasteiger partial charge in [0.25, 0.3) is 5.91 Å². The minimum absolute atomic E-state index is 0.0662. The zero-order chi connectivity index (χ0) is 25.5. The van der Waals surface area contributed by atoms with Gasteiger partial charge in [0.1, 0.15) is 17.3 Å². The summed E-state index contributed by atoms with van der Waals surface area (Å²) in [6.45, 7) is 7.24. The first kappa shape index (κ1) is 24.7. The fourth-order valence-corrected chi connectivity index (χ4v) is 5.81. The lowest BCUT2D eigenvalue weighted by molar-refractivity contribution is 0.102. The van der Waals surface area contributed by atoms with Crippen molar-refractivity contribution in [1.82, 2.24) is 29.5 Å². The van der Waals surface area contributed by atoms with Crippen molar-refractivity contribution in [1.29, 1.82) is 0 Å². The van der Waals surface area contributed by atoms with E-state index in [1.807, 2.05) is 20.8 Å². The molecule has 3 heterocycles. The van der Waals surface area contributed by atoms with E-state index in [9.17, 15) is 18.3 Å². The van der Waals surface area contributed by atoms with Crippen LogP contribution in [-0.4, -0.2) is 68.2 Å². The highest BCUT2D eigenvalue weighted by Gasteiger charge is 2.42. The maximum atomic E-state index is 13.2. The molecule has 0 saturated heterocycles. The molecule has 1 aliphatic rings. The largest absolute Gasteiger partial charge is 0.496 e. The predicted octanol–water partition coefficient (Wildman–Crippen LogP) is 1.85. The number of methoxy groups -OCH3 is 1. The number of ether oxygens (including phenoxy) is 1. The molecule has 35 heavy (non-hydrogen) atoms. The summed E-state index contributed by atoms with van der Waals surface area (Å²) in [4.78, 5) is 17.7. The molecular weight excluding hydrogens is 474 g/mol. The van der Waals surface area contributed by atoms with Crippen LogP contribution in [0.15, 0.2) is 35.2 Å². The number of amides is 1. The SMILES string of the molecule is COc1cc2c(cc1C(=O)Nc1cccc(-c3nnnn3C(C)CO)n1)S(=O)(=O)N(C(C)(C)C)C2. The van der Waals surface area contributed by atoms with Crippen LogP contribution in [0.1, 0.15) is 49.7 Å². The molecule has 4 rings (SSSR count). The number of hydrogen-bond acceptors (Lipinski definition) is 9. The summed E-state index contributed by atoms with van der Waals surface area (Å²) >= 11 is 0. The normalized spacial score (nSPS) is 16.1. The summed E-state index contributed by atoms with van der Waals surface area (Å²) in [6, 6.07) is 7.49. The third-order valence-corrected chi connectivity index (χ3v) is 7.84. The predicted molar refractivity (Wildman–Crippen MR) is 126 cm³/mol. The summed E-state index contributed by atoms with van der Waals surface area (Å²) in [5.41, 5.74) is 0.396. The molecule has 0 bridgehead atoms. The van der Waals surface area contributed by atoms with Gasteiger partial charge in [-0.2, -0.15) is 4.31 Å². The van der Waals surface area contributed by atoms with Crippen molar-refractivity contribution in [3.63, 3.8) is 0 Å². The number of nitrogens with zero attached hydrogens (tertiary/aromatic N) is 6. The van der Waals surface area contributed by atoms with E-state index in [0.717, 1.165) is 0 Å². The van der Waals surface area contributed by atoms with Gasteiger partial charge in [0.2, 0.25) is 15.8 Å². The van der Waals surface area contributed by atoms with Crippen LogP contribution in [0.2, 0.25) is 0 Å². The highest BCUT2D eigenvalue weighted by molar-refractivity contribution is 7.89. The second-order valence-electron chi connectivity index (χ2n) is 9.18. The molecule has 0 aliphatic carbocycles. The number of aliphatic hydroxyl groups is 1. The molecule has 2 aromatic heterocycles. The fraction of sp³-hybridized carbons (Fsp3) is 0.409. The number of benzene rings is 1. The number of nitrogens with one attached hydrogen (secondary N) is 1. The van der Waals surface area contributed by atoms with Crippen LogP contribution in [0.5, 0.6) is 5.75 Å². The Balaban J connectivity index is 1.66. The average molecular weight is 502 g/mol. The van der Waals surface area contributed by atoms with Gasteiger partial charge in [-0.15, -0.1) is 5.10 Å². The van der Waals surface area contributed by atoms with Crippen molar-refractivity contribution in [2.24, 2.45) is 0 Å². The van der Waals surface area contributed by atoms with E-state index in [1.165, 1.54) is 22.2 Å². The molecule has 1 aliphatic heterocycles. The molecule has 1 amide bonds. The van der Waals surface area contributed by atoms with E-state index in [1.54, 1.807) is 31.2 Å². The number of tetrazole rings is 1. The molecule has 0 radical (unpaired) electrons. The molecule has 3 aromatic rings. The Bertz CT molecular complexity index is 1380. The molecule has 2 N–H and O–H groups in total. The molecule has 186 valence electrons. The molecule has 0 spiro atoms. The third-order valence-electron chi connectivity index (χ3n) is 5.65. The van der Waals surface area contributed by atoms with E-state index < -0.39 is 21.5 Å². The van der Waals surface area contributed by atoms with Crippen molar-refractivity contribution in [3.05, 3.63) is 41.5 Å². The minimum Gasteiger partial charge on any atom is -0.496 e. The number of pyridine rings is 1.